The van der Waals surface area contributed by atoms with Gasteiger partial charge in [0, 0.05) is 18.7 Å². The van der Waals surface area contributed by atoms with Gasteiger partial charge in [0.1, 0.15) is 5.75 Å². The quantitative estimate of drug-likeness (QED) is 0.242. The molecule has 0 saturated heterocycles. The lowest BCUT2D eigenvalue weighted by Crippen LogP contribution is -2.51. The second kappa shape index (κ2) is 12.6. The summed E-state index contributed by atoms with van der Waals surface area (Å²) >= 11 is 0. The van der Waals surface area contributed by atoms with Gasteiger partial charge in [0.15, 0.2) is 17.0 Å². The molecule has 3 N–H and O–H groups in total. The largest absolute Gasteiger partial charge is 0.490 e. The number of esters is 1. The van der Waals surface area contributed by atoms with E-state index in [4.69, 9.17) is 14.2 Å². The number of fused-ring (bicyclic) bond motifs is 2. The van der Waals surface area contributed by atoms with Crippen LogP contribution in [0.4, 0.5) is 4.39 Å². The molecule has 0 aromatic heterocycles. The average molecular weight is 617 g/mol. The molecule has 1 aromatic carbocycles. The van der Waals surface area contributed by atoms with Crippen LogP contribution in [0.2, 0.25) is 0 Å². The van der Waals surface area contributed by atoms with Crippen LogP contribution in [0.1, 0.15) is 95.3 Å². The summed E-state index contributed by atoms with van der Waals surface area (Å²) in [6.07, 6.45) is 5.62. The van der Waals surface area contributed by atoms with Crippen molar-refractivity contribution < 1.29 is 42.9 Å². The molecule has 5 rings (SSSR count). The first-order valence-corrected chi connectivity index (χ1v) is 15.9. The van der Waals surface area contributed by atoms with Gasteiger partial charge in [-0.15, -0.1) is 0 Å². The monoisotopic (exact) mass is 616 g/mol. The standard InChI is InChI=1S/C33H45FN2O8/c1-18(2)43-24-16-23(34)25(44-21-8-12-33(13-9-21,30(39)40)31(41)42-4)15-22(24)28(37)36-27-20-7-6-19(14-20)26(27)29(38)35-17-32(3)10-5-11-32/h15-16,18-21,26-27H,5-14,17H2,1-4H3,(H,35,38)(H,36,37)(H,39,40). The van der Waals surface area contributed by atoms with Crippen molar-refractivity contribution in [2.45, 2.75) is 103 Å². The summed E-state index contributed by atoms with van der Waals surface area (Å²) in [6.45, 7) is 6.39. The fourth-order valence-electron chi connectivity index (χ4n) is 7.72. The summed E-state index contributed by atoms with van der Waals surface area (Å²) in [7, 11) is 1.15. The first kappa shape index (κ1) is 32.0. The van der Waals surface area contributed by atoms with E-state index in [1.807, 2.05) is 0 Å². The van der Waals surface area contributed by atoms with E-state index in [9.17, 15) is 24.3 Å². The van der Waals surface area contributed by atoms with E-state index in [1.54, 1.807) is 13.8 Å². The zero-order valence-electron chi connectivity index (χ0n) is 26.1. The zero-order chi connectivity index (χ0) is 31.8. The number of aliphatic carboxylic acids is 1. The third-order valence-corrected chi connectivity index (χ3v) is 10.5. The predicted octanol–water partition coefficient (Wildman–Crippen LogP) is 4.63. The number of halogens is 1. The van der Waals surface area contributed by atoms with Crippen LogP contribution in [0.3, 0.4) is 0 Å². The Kier molecular flexibility index (Phi) is 9.14. The van der Waals surface area contributed by atoms with Crippen molar-refractivity contribution in [2.24, 2.45) is 28.6 Å². The molecule has 4 saturated carbocycles. The Balaban J connectivity index is 1.32. The van der Waals surface area contributed by atoms with Gasteiger partial charge in [-0.25, -0.2) is 4.39 Å². The highest BCUT2D eigenvalue weighted by atomic mass is 19.1. The molecular formula is C33H45FN2O8. The van der Waals surface area contributed by atoms with Gasteiger partial charge < -0.3 is 30.0 Å². The van der Waals surface area contributed by atoms with Crippen LogP contribution in [-0.4, -0.2) is 60.8 Å². The molecule has 44 heavy (non-hydrogen) atoms. The molecule has 242 valence electrons. The fraction of sp³-hybridized carbons (Fsp3) is 0.697. The Morgan fingerprint density at radius 2 is 1.70 bits per heavy atom. The Morgan fingerprint density at radius 3 is 2.30 bits per heavy atom. The molecule has 11 heteroatoms. The number of hydrogen-bond acceptors (Lipinski definition) is 7. The maximum absolute atomic E-state index is 15.3. The van der Waals surface area contributed by atoms with Gasteiger partial charge in [0.2, 0.25) is 5.91 Å². The van der Waals surface area contributed by atoms with E-state index in [-0.39, 0.29) is 84.0 Å². The Bertz CT molecular complexity index is 1290. The number of carboxylic acids is 1. The SMILES string of the molecule is COC(=O)C1(C(=O)O)CCC(Oc2cc(C(=O)NC3C4CCC(C4)C3C(=O)NCC3(C)CCC3)c(OC(C)C)cc2F)CC1. The molecular weight excluding hydrogens is 571 g/mol. The lowest BCUT2D eigenvalue weighted by molar-refractivity contribution is -0.170. The van der Waals surface area contributed by atoms with Crippen molar-refractivity contribution >= 4 is 23.8 Å². The lowest BCUT2D eigenvalue weighted by atomic mass is 9.70. The van der Waals surface area contributed by atoms with Gasteiger partial charge in [0.25, 0.3) is 5.91 Å². The molecule has 0 spiro atoms. The van der Waals surface area contributed by atoms with Gasteiger partial charge >= 0.3 is 11.9 Å². The molecule has 4 aliphatic rings. The van der Waals surface area contributed by atoms with Crippen molar-refractivity contribution in [1.29, 1.82) is 0 Å². The molecule has 1 aromatic rings. The first-order valence-electron chi connectivity index (χ1n) is 15.9. The highest BCUT2D eigenvalue weighted by molar-refractivity contribution is 5.99. The zero-order valence-corrected chi connectivity index (χ0v) is 26.1. The normalized spacial score (nSPS) is 30.3. The molecule has 4 atom stereocenters. The number of benzene rings is 1. The van der Waals surface area contributed by atoms with E-state index >= 15 is 4.39 Å². The van der Waals surface area contributed by atoms with E-state index in [0.29, 0.717) is 6.54 Å². The fourth-order valence-corrected chi connectivity index (χ4v) is 7.72. The van der Waals surface area contributed by atoms with Crippen LogP contribution in [0.5, 0.6) is 11.5 Å². The number of ether oxygens (including phenoxy) is 3. The molecule has 0 heterocycles. The van der Waals surface area contributed by atoms with E-state index < -0.39 is 35.2 Å². The predicted molar refractivity (Wildman–Crippen MR) is 158 cm³/mol. The number of nitrogens with one attached hydrogen (secondary N) is 2. The van der Waals surface area contributed by atoms with Crippen LogP contribution in [0, 0.1) is 34.4 Å². The van der Waals surface area contributed by atoms with Crippen molar-refractivity contribution in [1.82, 2.24) is 10.6 Å². The number of rotatable bonds is 11. The number of amides is 2. The number of carboxylic acid groups (broad SMARTS) is 1. The van der Waals surface area contributed by atoms with Gasteiger partial charge in [-0.3, -0.25) is 19.2 Å². The number of methoxy groups -OCH3 is 1. The van der Waals surface area contributed by atoms with E-state index in [2.05, 4.69) is 17.6 Å². The summed E-state index contributed by atoms with van der Waals surface area (Å²) in [5.74, 6) is -3.27. The molecule has 4 fully saturated rings. The molecule has 4 unspecified atom stereocenters. The number of carbonyl (C=O) groups is 4. The van der Waals surface area contributed by atoms with Crippen molar-refractivity contribution in [3.63, 3.8) is 0 Å². The van der Waals surface area contributed by atoms with Crippen LogP contribution >= 0.6 is 0 Å². The molecule has 0 aliphatic heterocycles. The Labute approximate surface area is 257 Å². The third-order valence-electron chi connectivity index (χ3n) is 10.5. The van der Waals surface area contributed by atoms with Gasteiger partial charge in [-0.2, -0.15) is 0 Å². The van der Waals surface area contributed by atoms with E-state index in [0.717, 1.165) is 45.3 Å². The summed E-state index contributed by atoms with van der Waals surface area (Å²) in [6, 6.07) is 2.12. The third kappa shape index (κ3) is 6.24. The van der Waals surface area contributed by atoms with Crippen molar-refractivity contribution in [3.8, 4) is 11.5 Å². The average Bonchev–Trinajstić information content (AvgIpc) is 3.58. The molecule has 2 amide bonds. The summed E-state index contributed by atoms with van der Waals surface area (Å²) in [5.41, 5.74) is -1.41. The van der Waals surface area contributed by atoms with Crippen LogP contribution in [0.15, 0.2) is 12.1 Å². The Hall–Kier alpha value is -3.37. The summed E-state index contributed by atoms with van der Waals surface area (Å²) in [5, 5.41) is 16.0. The van der Waals surface area contributed by atoms with E-state index in [1.165, 1.54) is 12.5 Å². The molecule has 10 nitrogen and oxygen atoms in total. The second-order valence-electron chi connectivity index (χ2n) is 13.9. The number of carbonyl (C=O) groups excluding carboxylic acids is 3. The van der Waals surface area contributed by atoms with Gasteiger partial charge in [0.05, 0.1) is 30.8 Å². The first-order chi connectivity index (χ1) is 20.9. The van der Waals surface area contributed by atoms with Gasteiger partial charge in [-0.1, -0.05) is 13.3 Å². The van der Waals surface area contributed by atoms with Crippen molar-refractivity contribution in [3.05, 3.63) is 23.5 Å². The highest BCUT2D eigenvalue weighted by Gasteiger charge is 2.52. The lowest BCUT2D eigenvalue weighted by Gasteiger charge is -2.39. The molecule has 4 aliphatic carbocycles. The van der Waals surface area contributed by atoms with Crippen LogP contribution in [-0.2, 0) is 19.1 Å². The maximum Gasteiger partial charge on any atom is 0.323 e. The molecule has 0 radical (unpaired) electrons. The number of hydrogen-bond donors (Lipinski definition) is 3. The van der Waals surface area contributed by atoms with Gasteiger partial charge in [-0.05, 0) is 95.0 Å². The maximum atomic E-state index is 15.3. The van der Waals surface area contributed by atoms with Crippen LogP contribution < -0.4 is 20.1 Å². The minimum Gasteiger partial charge on any atom is -0.490 e. The Morgan fingerprint density at radius 1 is 1.02 bits per heavy atom. The minimum atomic E-state index is -1.66. The molecule has 2 bridgehead atoms. The highest BCUT2D eigenvalue weighted by Crippen LogP contribution is 2.49. The summed E-state index contributed by atoms with van der Waals surface area (Å²) in [4.78, 5) is 51.4. The van der Waals surface area contributed by atoms with Crippen molar-refractivity contribution in [2.75, 3.05) is 13.7 Å². The second-order valence-corrected chi connectivity index (χ2v) is 13.9. The minimum absolute atomic E-state index is 0.0147. The summed E-state index contributed by atoms with van der Waals surface area (Å²) < 4.78 is 31.8. The van der Waals surface area contributed by atoms with Crippen LogP contribution in [0.25, 0.3) is 0 Å². The topological polar surface area (TPSA) is 140 Å². The smallest absolute Gasteiger partial charge is 0.323 e.